The van der Waals surface area contributed by atoms with Gasteiger partial charge in [0.2, 0.25) is 0 Å². The molecule has 1 fully saturated rings. The third kappa shape index (κ3) is 4.75. The predicted octanol–water partition coefficient (Wildman–Crippen LogP) is 4.96. The van der Waals surface area contributed by atoms with Crippen molar-refractivity contribution in [1.82, 2.24) is 0 Å². The summed E-state index contributed by atoms with van der Waals surface area (Å²) in [6, 6.07) is 0. The number of rotatable bonds is 8. The summed E-state index contributed by atoms with van der Waals surface area (Å²) in [7, 11) is 1.40. The molecular weight excluding hydrogens is 376 g/mol. The number of ether oxygens (including phenoxy) is 1. The second-order valence-corrected chi connectivity index (χ2v) is 9.99. The lowest BCUT2D eigenvalue weighted by Crippen LogP contribution is -2.49. The molecule has 0 aromatic carbocycles. The van der Waals surface area contributed by atoms with Crippen LogP contribution in [0.2, 0.25) is 0 Å². The van der Waals surface area contributed by atoms with Gasteiger partial charge in [0.25, 0.3) is 0 Å². The fourth-order valence-corrected chi connectivity index (χ4v) is 6.47. The predicted molar refractivity (Wildman–Crippen MR) is 120 cm³/mol. The molecule has 0 spiro atoms. The molecule has 0 heterocycles. The van der Waals surface area contributed by atoms with Gasteiger partial charge in [0.1, 0.15) is 0 Å². The maximum absolute atomic E-state index is 11.5. The molecule has 30 heavy (non-hydrogen) atoms. The summed E-state index contributed by atoms with van der Waals surface area (Å²) in [5.74, 6) is 1.16. The van der Waals surface area contributed by atoms with Crippen LogP contribution >= 0.6 is 0 Å². The van der Waals surface area contributed by atoms with Crippen molar-refractivity contribution in [2.75, 3.05) is 7.11 Å². The topological polar surface area (TPSA) is 66.8 Å². The molecule has 2 N–H and O–H groups in total. The quantitative estimate of drug-likeness (QED) is 0.333. The van der Waals surface area contributed by atoms with Crippen LogP contribution in [0.3, 0.4) is 0 Å². The minimum atomic E-state index is -0.322. The third-order valence-corrected chi connectivity index (χ3v) is 8.04. The zero-order valence-corrected chi connectivity index (χ0v) is 19.1. The van der Waals surface area contributed by atoms with E-state index < -0.39 is 0 Å². The number of hydrogen-bond acceptors (Lipinski definition) is 4. The van der Waals surface area contributed by atoms with E-state index >= 15 is 0 Å². The zero-order chi connectivity index (χ0) is 21.9. The highest BCUT2D eigenvalue weighted by molar-refractivity contribution is 5.81. The summed E-state index contributed by atoms with van der Waals surface area (Å²) >= 11 is 0. The first-order valence-corrected chi connectivity index (χ1v) is 11.8. The van der Waals surface area contributed by atoms with Gasteiger partial charge >= 0.3 is 5.97 Å². The Balaban J connectivity index is 1.70. The Bertz CT molecular complexity index is 706. The number of hydrogen-bond donors (Lipinski definition) is 2. The lowest BCUT2D eigenvalue weighted by Gasteiger charge is -2.52. The maximum Gasteiger partial charge on any atom is 0.330 e. The average molecular weight is 417 g/mol. The monoisotopic (exact) mass is 416 g/mol. The minimum absolute atomic E-state index is 0.0214. The molecule has 0 saturated heterocycles. The molecule has 1 saturated carbocycles. The summed E-state index contributed by atoms with van der Waals surface area (Å²) in [6.45, 7) is 6.60. The van der Waals surface area contributed by atoms with Gasteiger partial charge in [0.05, 0.1) is 19.3 Å². The highest BCUT2D eigenvalue weighted by atomic mass is 16.5. The van der Waals surface area contributed by atoms with Crippen LogP contribution in [-0.2, 0) is 9.53 Å². The van der Waals surface area contributed by atoms with E-state index in [1.165, 1.54) is 24.3 Å². The summed E-state index contributed by atoms with van der Waals surface area (Å²) in [5.41, 5.74) is 2.67. The Hall–Kier alpha value is -1.39. The number of carbonyl (C=O) groups excluding carboxylic acids is 1. The molecule has 0 amide bonds. The van der Waals surface area contributed by atoms with E-state index in [2.05, 4.69) is 32.9 Å². The Kier molecular flexibility index (Phi) is 7.62. The SMILES string of the molecule is CCCC[C@H](O)CC1=CC[C@@H]2[C@@H](C1)[C@@H](O)C[C@]1(C)C([C@H](C)/C=C/C(=O)OC)=CC[C@@H]21. The van der Waals surface area contributed by atoms with Gasteiger partial charge in [-0.2, -0.15) is 0 Å². The molecule has 0 aromatic heterocycles. The van der Waals surface area contributed by atoms with Crippen molar-refractivity contribution in [2.24, 2.45) is 29.1 Å². The van der Waals surface area contributed by atoms with Crippen molar-refractivity contribution < 1.29 is 19.7 Å². The molecule has 0 bridgehead atoms. The second-order valence-electron chi connectivity index (χ2n) is 9.99. The van der Waals surface area contributed by atoms with Gasteiger partial charge in [-0.25, -0.2) is 4.79 Å². The van der Waals surface area contributed by atoms with E-state index in [4.69, 9.17) is 4.74 Å². The lowest BCUT2D eigenvalue weighted by atomic mass is 9.53. The number of methoxy groups -OCH3 is 1. The Morgan fingerprint density at radius 2 is 2.10 bits per heavy atom. The smallest absolute Gasteiger partial charge is 0.330 e. The highest BCUT2D eigenvalue weighted by Gasteiger charge is 2.54. The number of aliphatic hydroxyl groups is 2. The summed E-state index contributed by atoms with van der Waals surface area (Å²) < 4.78 is 4.73. The summed E-state index contributed by atoms with van der Waals surface area (Å²) in [5, 5.41) is 21.5. The van der Waals surface area contributed by atoms with Crippen molar-refractivity contribution in [3.05, 3.63) is 35.5 Å². The van der Waals surface area contributed by atoms with E-state index in [-0.39, 0.29) is 29.5 Å². The molecule has 0 unspecified atom stereocenters. The van der Waals surface area contributed by atoms with Gasteiger partial charge in [-0.15, -0.1) is 0 Å². The minimum Gasteiger partial charge on any atom is -0.466 e. The van der Waals surface area contributed by atoms with Crippen LogP contribution in [0.15, 0.2) is 35.5 Å². The fraction of sp³-hybridized carbons (Fsp3) is 0.731. The number of carbonyl (C=O) groups is 1. The van der Waals surface area contributed by atoms with E-state index in [0.29, 0.717) is 17.8 Å². The van der Waals surface area contributed by atoms with Gasteiger partial charge in [-0.1, -0.05) is 63.0 Å². The molecule has 7 atom stereocenters. The van der Waals surface area contributed by atoms with Gasteiger partial charge < -0.3 is 14.9 Å². The molecule has 4 nitrogen and oxygen atoms in total. The molecule has 3 rings (SSSR count). The van der Waals surface area contributed by atoms with Crippen molar-refractivity contribution >= 4 is 5.97 Å². The van der Waals surface area contributed by atoms with Crippen molar-refractivity contribution in [1.29, 1.82) is 0 Å². The molecule has 168 valence electrons. The Morgan fingerprint density at radius 3 is 2.80 bits per heavy atom. The van der Waals surface area contributed by atoms with Crippen LogP contribution < -0.4 is 0 Å². The van der Waals surface area contributed by atoms with Crippen LogP contribution in [0, 0.1) is 29.1 Å². The molecule has 0 aliphatic heterocycles. The van der Waals surface area contributed by atoms with Gasteiger partial charge in [-0.05, 0) is 67.6 Å². The van der Waals surface area contributed by atoms with Crippen molar-refractivity contribution in [2.45, 2.75) is 84.3 Å². The van der Waals surface area contributed by atoms with E-state index in [1.54, 1.807) is 0 Å². The number of unbranched alkanes of at least 4 members (excludes halogenated alkanes) is 1. The number of allylic oxidation sites excluding steroid dienone is 4. The van der Waals surface area contributed by atoms with Crippen LogP contribution in [0.1, 0.15) is 72.1 Å². The van der Waals surface area contributed by atoms with Crippen LogP contribution in [0.25, 0.3) is 0 Å². The Labute approximate surface area is 182 Å². The third-order valence-electron chi connectivity index (χ3n) is 8.04. The van der Waals surface area contributed by atoms with Gasteiger partial charge in [0.15, 0.2) is 0 Å². The summed E-state index contributed by atoms with van der Waals surface area (Å²) in [4.78, 5) is 11.5. The maximum atomic E-state index is 11.5. The van der Waals surface area contributed by atoms with E-state index in [0.717, 1.165) is 51.4 Å². The van der Waals surface area contributed by atoms with Crippen molar-refractivity contribution in [3.63, 3.8) is 0 Å². The molecule has 0 aromatic rings. The molecule has 3 aliphatic rings. The van der Waals surface area contributed by atoms with E-state index in [9.17, 15) is 15.0 Å². The molecular formula is C26H40O4. The first kappa shape index (κ1) is 23.3. The summed E-state index contributed by atoms with van der Waals surface area (Å²) in [6.07, 6.45) is 15.2. The molecule has 3 aliphatic carbocycles. The fourth-order valence-electron chi connectivity index (χ4n) is 6.47. The standard InChI is InChI=1S/C26H40O4/c1-5-6-7-19(27)14-18-9-10-20-21(15-18)24(28)16-26(3)22(11-12-23(20)26)17(2)8-13-25(29)30-4/h8-9,11,13,17,19-21,23-24,27-28H,5-7,10,12,14-16H2,1-4H3/b13-8+/t17-,19+,20-,21-,23+,24+,26-/m1/s1. The van der Waals surface area contributed by atoms with Crippen LogP contribution in [0.5, 0.6) is 0 Å². The second kappa shape index (κ2) is 9.82. The number of esters is 1. The first-order chi connectivity index (χ1) is 14.3. The van der Waals surface area contributed by atoms with Crippen LogP contribution in [-0.4, -0.2) is 35.5 Å². The molecule has 4 heteroatoms. The van der Waals surface area contributed by atoms with Crippen molar-refractivity contribution in [3.8, 4) is 0 Å². The van der Waals surface area contributed by atoms with Gasteiger partial charge in [0, 0.05) is 6.08 Å². The zero-order valence-electron chi connectivity index (χ0n) is 19.1. The van der Waals surface area contributed by atoms with Gasteiger partial charge in [-0.3, -0.25) is 0 Å². The molecule has 0 radical (unpaired) electrons. The number of aliphatic hydroxyl groups excluding tert-OH is 2. The van der Waals surface area contributed by atoms with Crippen LogP contribution in [0.4, 0.5) is 0 Å². The largest absolute Gasteiger partial charge is 0.466 e. The average Bonchev–Trinajstić information content (AvgIpc) is 3.07. The first-order valence-electron chi connectivity index (χ1n) is 11.8. The Morgan fingerprint density at radius 1 is 1.33 bits per heavy atom. The van der Waals surface area contributed by atoms with E-state index in [1.807, 2.05) is 6.08 Å². The number of fused-ring (bicyclic) bond motifs is 3. The normalized spacial score (nSPS) is 35.3. The highest BCUT2D eigenvalue weighted by Crippen LogP contribution is 2.60. The lowest BCUT2D eigenvalue weighted by molar-refractivity contribution is -0.134.